The summed E-state index contributed by atoms with van der Waals surface area (Å²) in [7, 11) is 0. The molecule has 3 unspecified atom stereocenters. The van der Waals surface area contributed by atoms with Gasteiger partial charge in [-0.1, -0.05) is 84.4 Å². The summed E-state index contributed by atoms with van der Waals surface area (Å²) in [6, 6.07) is 27.6. The summed E-state index contributed by atoms with van der Waals surface area (Å²) >= 11 is -2.19. The number of urea groups is 2. The number of rotatable bonds is 10. The van der Waals surface area contributed by atoms with Crippen molar-refractivity contribution in [3.63, 3.8) is 0 Å². The number of carboxylic acid groups (broad SMARTS) is 1. The van der Waals surface area contributed by atoms with Crippen molar-refractivity contribution in [2.45, 2.75) is 19.0 Å². The third kappa shape index (κ3) is 8.41. The van der Waals surface area contributed by atoms with Gasteiger partial charge in [-0.2, -0.15) is 4.21 Å². The number of hydrogen-bond donors (Lipinski definition) is 5. The Labute approximate surface area is 239 Å². The van der Waals surface area contributed by atoms with Gasteiger partial charge in [0.15, 0.2) is 0 Å². The highest BCUT2D eigenvalue weighted by Gasteiger charge is 2.29. The molecule has 41 heavy (non-hydrogen) atoms. The number of benzene rings is 4. The largest absolute Gasteiger partial charge is 0.478 e. The molecule has 0 heterocycles. The average molecular weight is 573 g/mol. The second kappa shape index (κ2) is 13.8. The van der Waals surface area contributed by atoms with Crippen LogP contribution in [0, 0.1) is 6.92 Å². The van der Waals surface area contributed by atoms with E-state index in [1.165, 1.54) is 18.2 Å². The number of amides is 4. The molecule has 0 aliphatic carbocycles. The minimum absolute atomic E-state index is 0.0174. The first-order chi connectivity index (χ1) is 19.8. The molecule has 11 heteroatoms. The van der Waals surface area contributed by atoms with Gasteiger partial charge < -0.3 is 25.2 Å². The third-order valence-corrected chi connectivity index (χ3v) is 6.66. The third-order valence-electron chi connectivity index (χ3n) is 5.96. The van der Waals surface area contributed by atoms with Crippen molar-refractivity contribution in [1.82, 2.24) is 15.4 Å². The average Bonchev–Trinajstić information content (AvgIpc) is 2.97. The van der Waals surface area contributed by atoms with E-state index in [0.29, 0.717) is 16.9 Å². The molecule has 4 aromatic carbocycles. The molecule has 0 saturated carbocycles. The van der Waals surface area contributed by atoms with E-state index in [1.807, 2.05) is 19.1 Å². The minimum atomic E-state index is -2.19. The molecule has 0 radical (unpaired) electrons. The molecule has 0 bridgehead atoms. The maximum absolute atomic E-state index is 13.1. The van der Waals surface area contributed by atoms with Crippen LogP contribution in [0.1, 0.15) is 39.1 Å². The standard InChI is InChI=1S/C30H28N4O6S/c1-20-15-17-25(18-16-20)40-41(39)34-30(38)33-27(22-11-6-3-7-12-22)26(21-9-4-2-5-10-21)32-29(37)31-24-14-8-13-23(19-24)28(35)36/h2-19,26-27H,1H3,(H,35,36)(H2,31,32,37)(H2,33,34,38). The molecule has 0 aliphatic heterocycles. The van der Waals surface area contributed by atoms with E-state index in [-0.39, 0.29) is 11.3 Å². The van der Waals surface area contributed by atoms with Gasteiger partial charge in [0, 0.05) is 5.69 Å². The lowest BCUT2D eigenvalue weighted by Gasteiger charge is -2.30. The fraction of sp³-hybridized carbons (Fsp3) is 0.100. The molecule has 3 atom stereocenters. The van der Waals surface area contributed by atoms with Crippen LogP contribution in [0.3, 0.4) is 0 Å². The Bertz CT molecular complexity index is 1520. The number of hydrogen-bond acceptors (Lipinski definition) is 5. The minimum Gasteiger partial charge on any atom is -0.478 e. The van der Waals surface area contributed by atoms with Crippen LogP contribution in [0.5, 0.6) is 5.75 Å². The summed E-state index contributed by atoms with van der Waals surface area (Å²) in [5.74, 6) is -0.805. The number of aromatic carboxylic acids is 1. The van der Waals surface area contributed by atoms with E-state index in [2.05, 4.69) is 20.7 Å². The first kappa shape index (κ1) is 28.8. The van der Waals surface area contributed by atoms with E-state index >= 15 is 0 Å². The van der Waals surface area contributed by atoms with Gasteiger partial charge in [0.05, 0.1) is 17.6 Å². The molecule has 10 nitrogen and oxygen atoms in total. The summed E-state index contributed by atoms with van der Waals surface area (Å²) in [6.45, 7) is 1.90. The Kier molecular flexibility index (Phi) is 9.68. The molecule has 210 valence electrons. The summed E-state index contributed by atoms with van der Waals surface area (Å²) in [4.78, 5) is 37.5. The monoisotopic (exact) mass is 572 g/mol. The molecule has 4 amide bonds. The highest BCUT2D eigenvalue weighted by Crippen LogP contribution is 2.29. The zero-order chi connectivity index (χ0) is 29.2. The maximum Gasteiger partial charge on any atom is 0.335 e. The van der Waals surface area contributed by atoms with Crippen molar-refractivity contribution in [2.24, 2.45) is 0 Å². The van der Waals surface area contributed by atoms with Crippen LogP contribution in [0.15, 0.2) is 109 Å². The lowest BCUT2D eigenvalue weighted by atomic mass is 9.93. The number of nitrogens with one attached hydrogen (secondary N) is 4. The van der Waals surface area contributed by atoms with Crippen LogP contribution < -0.4 is 24.9 Å². The fourth-order valence-corrected chi connectivity index (χ4v) is 4.56. The first-order valence-electron chi connectivity index (χ1n) is 12.5. The Hall–Kier alpha value is -5.16. The van der Waals surface area contributed by atoms with Crippen molar-refractivity contribution in [2.75, 3.05) is 5.32 Å². The van der Waals surface area contributed by atoms with E-state index < -0.39 is 41.4 Å². The van der Waals surface area contributed by atoms with Crippen molar-refractivity contribution in [3.05, 3.63) is 131 Å². The van der Waals surface area contributed by atoms with E-state index in [1.54, 1.807) is 78.9 Å². The Morgan fingerprint density at radius 2 is 1.29 bits per heavy atom. The molecule has 0 saturated heterocycles. The highest BCUT2D eigenvalue weighted by atomic mass is 32.2. The number of carbonyl (C=O) groups is 3. The zero-order valence-electron chi connectivity index (χ0n) is 21.9. The second-order valence-electron chi connectivity index (χ2n) is 8.97. The van der Waals surface area contributed by atoms with Crippen molar-refractivity contribution in [1.29, 1.82) is 0 Å². The van der Waals surface area contributed by atoms with Crippen LogP contribution in [-0.2, 0) is 11.3 Å². The van der Waals surface area contributed by atoms with Crippen LogP contribution >= 0.6 is 0 Å². The van der Waals surface area contributed by atoms with Gasteiger partial charge >= 0.3 is 29.3 Å². The number of anilines is 1. The molecule has 5 N–H and O–H groups in total. The summed E-state index contributed by atoms with van der Waals surface area (Å²) in [5.41, 5.74) is 2.63. The van der Waals surface area contributed by atoms with Crippen LogP contribution in [-0.4, -0.2) is 27.3 Å². The first-order valence-corrected chi connectivity index (χ1v) is 13.6. The van der Waals surface area contributed by atoms with Gasteiger partial charge in [-0.05, 0) is 48.4 Å². The zero-order valence-corrected chi connectivity index (χ0v) is 22.8. The van der Waals surface area contributed by atoms with Crippen LogP contribution in [0.25, 0.3) is 0 Å². The highest BCUT2D eigenvalue weighted by molar-refractivity contribution is 7.79. The fourth-order valence-electron chi connectivity index (χ4n) is 4.03. The van der Waals surface area contributed by atoms with Gasteiger partial charge in [0.25, 0.3) is 0 Å². The van der Waals surface area contributed by atoms with Crippen molar-refractivity contribution >= 4 is 35.0 Å². The molecule has 4 aromatic rings. The topological polar surface area (TPSA) is 146 Å². The van der Waals surface area contributed by atoms with E-state index in [4.69, 9.17) is 4.18 Å². The molecular weight excluding hydrogens is 544 g/mol. The quantitative estimate of drug-likeness (QED) is 0.175. The predicted octanol–water partition coefficient (Wildman–Crippen LogP) is 5.25. The summed E-state index contributed by atoms with van der Waals surface area (Å²) < 4.78 is 20.1. The van der Waals surface area contributed by atoms with Crippen LogP contribution in [0.2, 0.25) is 0 Å². The van der Waals surface area contributed by atoms with E-state index in [9.17, 15) is 23.7 Å². The number of carboxylic acids is 1. The van der Waals surface area contributed by atoms with Crippen molar-refractivity contribution < 1.29 is 27.9 Å². The number of aryl methyl sites for hydroxylation is 1. The van der Waals surface area contributed by atoms with Gasteiger partial charge in [-0.3, -0.25) is 0 Å². The van der Waals surface area contributed by atoms with Gasteiger partial charge in [-0.15, -0.1) is 0 Å². The maximum atomic E-state index is 13.1. The lowest BCUT2D eigenvalue weighted by Crippen LogP contribution is -2.46. The summed E-state index contributed by atoms with van der Waals surface area (Å²) in [6.07, 6.45) is 0. The molecule has 0 fully saturated rings. The second-order valence-corrected chi connectivity index (χ2v) is 9.81. The number of carbonyl (C=O) groups excluding carboxylic acids is 2. The normalized spacial score (nSPS) is 12.7. The van der Waals surface area contributed by atoms with E-state index in [0.717, 1.165) is 5.56 Å². The Balaban J connectivity index is 1.56. The Morgan fingerprint density at radius 3 is 1.85 bits per heavy atom. The molecule has 0 aliphatic rings. The SMILES string of the molecule is Cc1ccc(OS(=O)NC(=O)NC(c2ccccc2)C(NC(=O)Nc2cccc(C(=O)O)c2)c2ccccc2)cc1. The van der Waals surface area contributed by atoms with Crippen molar-refractivity contribution in [3.8, 4) is 5.75 Å². The smallest absolute Gasteiger partial charge is 0.335 e. The summed E-state index contributed by atoms with van der Waals surface area (Å²) in [5, 5.41) is 17.6. The molecule has 0 spiro atoms. The molecule has 0 aromatic heterocycles. The van der Waals surface area contributed by atoms with Gasteiger partial charge in [0.1, 0.15) is 5.75 Å². The Morgan fingerprint density at radius 1 is 0.732 bits per heavy atom. The lowest BCUT2D eigenvalue weighted by molar-refractivity contribution is 0.0696. The predicted molar refractivity (Wildman–Crippen MR) is 156 cm³/mol. The van der Waals surface area contributed by atoms with Crippen LogP contribution in [0.4, 0.5) is 15.3 Å². The molecule has 4 rings (SSSR count). The van der Waals surface area contributed by atoms with Gasteiger partial charge in [0.2, 0.25) is 0 Å². The van der Waals surface area contributed by atoms with Gasteiger partial charge in [-0.25, -0.2) is 19.1 Å². The molecular formula is C30H28N4O6S.